The maximum atomic E-state index is 13.2. The maximum Gasteiger partial charge on any atom is 0.329 e. The van der Waals surface area contributed by atoms with E-state index in [1.54, 1.807) is 11.9 Å². The van der Waals surface area contributed by atoms with E-state index in [0.29, 0.717) is 25.7 Å². The van der Waals surface area contributed by atoms with Gasteiger partial charge in [-0.05, 0) is 67.6 Å². The van der Waals surface area contributed by atoms with E-state index in [2.05, 4.69) is 27.2 Å². The highest BCUT2D eigenvalue weighted by Gasteiger charge is 2.56. The number of hydrogen-bond donors (Lipinski definition) is 2. The Hall–Kier alpha value is -2.78. The second-order valence-electron chi connectivity index (χ2n) is 7.85. The zero-order chi connectivity index (χ0) is 20.8. The zero-order valence-corrected chi connectivity index (χ0v) is 17.6. The predicted molar refractivity (Wildman–Crippen MR) is 116 cm³/mol. The van der Waals surface area contributed by atoms with Gasteiger partial charge < -0.3 is 15.3 Å². The Morgan fingerprint density at radius 1 is 1.21 bits per heavy atom. The third-order valence-corrected chi connectivity index (χ3v) is 6.82. The van der Waals surface area contributed by atoms with Crippen LogP contribution in [0.4, 0.5) is 11.4 Å². The molecule has 5 nitrogen and oxygen atoms in total. The average molecular weight is 453 g/mol. The molecular weight excluding hydrogens is 432 g/mol. The first-order valence-electron chi connectivity index (χ1n) is 9.48. The number of carbonyl (C=O) groups excluding carboxylic acids is 1. The molecule has 1 heterocycles. The number of nitrogens with zero attached hydrogens (tertiary/aromatic N) is 1. The standard InChI is InChI=1S/C23H21BrN2O3/c1-3-15-7-8-19-18(13-15)22(20(27)26(19)2)9-11-23(12-10-22,21(28)29)25-17-6-4-5-16(24)14-17/h1,4-8,13-14,25H,9-12H2,2H3,(H,28,29). The van der Waals surface area contributed by atoms with Crippen molar-refractivity contribution in [1.29, 1.82) is 0 Å². The molecule has 0 radical (unpaired) electrons. The number of aliphatic carboxylic acids is 1. The van der Waals surface area contributed by atoms with Crippen LogP contribution in [-0.4, -0.2) is 29.6 Å². The molecule has 1 aliphatic carbocycles. The van der Waals surface area contributed by atoms with Gasteiger partial charge in [0, 0.05) is 28.5 Å². The summed E-state index contributed by atoms with van der Waals surface area (Å²) >= 11 is 3.42. The molecule has 0 unspecified atom stereocenters. The summed E-state index contributed by atoms with van der Waals surface area (Å²) in [5.74, 6) is 1.76. The van der Waals surface area contributed by atoms with Crippen molar-refractivity contribution in [2.75, 3.05) is 17.3 Å². The molecule has 1 spiro atoms. The van der Waals surface area contributed by atoms with Crippen LogP contribution in [-0.2, 0) is 15.0 Å². The Kier molecular flexibility index (Phi) is 4.66. The summed E-state index contributed by atoms with van der Waals surface area (Å²) in [5, 5.41) is 13.3. The number of benzene rings is 2. The number of nitrogens with one attached hydrogen (secondary N) is 1. The monoisotopic (exact) mass is 452 g/mol. The highest BCUT2D eigenvalue weighted by Crippen LogP contribution is 2.52. The number of likely N-dealkylation sites (N-methyl/N-ethyl adjacent to an activating group) is 1. The molecule has 29 heavy (non-hydrogen) atoms. The Labute approximate surface area is 178 Å². The van der Waals surface area contributed by atoms with Crippen molar-refractivity contribution >= 4 is 39.2 Å². The van der Waals surface area contributed by atoms with Gasteiger partial charge in [-0.25, -0.2) is 4.79 Å². The largest absolute Gasteiger partial charge is 0.480 e. The number of hydrogen-bond acceptors (Lipinski definition) is 3. The molecule has 2 N–H and O–H groups in total. The van der Waals surface area contributed by atoms with E-state index in [1.165, 1.54) is 0 Å². The lowest BCUT2D eigenvalue weighted by molar-refractivity contribution is -0.145. The molecule has 6 heteroatoms. The summed E-state index contributed by atoms with van der Waals surface area (Å²) in [6, 6.07) is 13.1. The maximum absolute atomic E-state index is 13.2. The first-order valence-corrected chi connectivity index (χ1v) is 10.3. The van der Waals surface area contributed by atoms with Crippen molar-refractivity contribution in [3.63, 3.8) is 0 Å². The Balaban J connectivity index is 1.68. The number of rotatable bonds is 3. The van der Waals surface area contributed by atoms with Gasteiger partial charge in [-0.2, -0.15) is 0 Å². The number of anilines is 2. The lowest BCUT2D eigenvalue weighted by Crippen LogP contribution is -2.54. The van der Waals surface area contributed by atoms with E-state index >= 15 is 0 Å². The zero-order valence-electron chi connectivity index (χ0n) is 16.0. The molecule has 0 bridgehead atoms. The summed E-state index contributed by atoms with van der Waals surface area (Å²) in [7, 11) is 1.77. The van der Waals surface area contributed by atoms with Crippen LogP contribution >= 0.6 is 15.9 Å². The minimum atomic E-state index is -1.11. The van der Waals surface area contributed by atoms with E-state index in [1.807, 2.05) is 42.5 Å². The van der Waals surface area contributed by atoms with Crippen molar-refractivity contribution in [3.05, 3.63) is 58.1 Å². The molecule has 1 fully saturated rings. The van der Waals surface area contributed by atoms with Gasteiger partial charge in [0.15, 0.2) is 0 Å². The summed E-state index contributed by atoms with van der Waals surface area (Å²) in [4.78, 5) is 27.2. The van der Waals surface area contributed by atoms with Gasteiger partial charge in [0.1, 0.15) is 5.54 Å². The quantitative estimate of drug-likeness (QED) is 0.686. The molecule has 0 atom stereocenters. The van der Waals surface area contributed by atoms with Gasteiger partial charge >= 0.3 is 5.97 Å². The van der Waals surface area contributed by atoms with Gasteiger partial charge in [0.25, 0.3) is 0 Å². The van der Waals surface area contributed by atoms with Crippen LogP contribution in [0.3, 0.4) is 0 Å². The molecule has 2 aromatic rings. The summed E-state index contributed by atoms with van der Waals surface area (Å²) in [6.07, 6.45) is 7.15. The molecule has 0 aromatic heterocycles. The number of carboxylic acids is 1. The van der Waals surface area contributed by atoms with Gasteiger partial charge in [-0.15, -0.1) is 6.42 Å². The summed E-state index contributed by atoms with van der Waals surface area (Å²) in [5.41, 5.74) is 1.42. The number of carboxylic acid groups (broad SMARTS) is 1. The smallest absolute Gasteiger partial charge is 0.329 e. The highest BCUT2D eigenvalue weighted by molar-refractivity contribution is 9.10. The van der Waals surface area contributed by atoms with Crippen molar-refractivity contribution in [1.82, 2.24) is 0 Å². The Morgan fingerprint density at radius 2 is 1.93 bits per heavy atom. The molecule has 2 aromatic carbocycles. The van der Waals surface area contributed by atoms with Crippen molar-refractivity contribution in [2.24, 2.45) is 0 Å². The fourth-order valence-electron chi connectivity index (χ4n) is 4.67. The fraction of sp³-hybridized carbons (Fsp3) is 0.304. The lowest BCUT2D eigenvalue weighted by Gasteiger charge is -2.42. The second-order valence-corrected chi connectivity index (χ2v) is 8.76. The average Bonchev–Trinajstić information content (AvgIpc) is 2.91. The minimum Gasteiger partial charge on any atom is -0.480 e. The number of fused-ring (bicyclic) bond motifs is 2. The lowest BCUT2D eigenvalue weighted by atomic mass is 9.64. The molecule has 2 aliphatic rings. The van der Waals surface area contributed by atoms with Crippen LogP contribution in [0.5, 0.6) is 0 Å². The van der Waals surface area contributed by atoms with E-state index in [0.717, 1.165) is 27.0 Å². The molecular formula is C23H21BrN2O3. The number of carbonyl (C=O) groups is 2. The Morgan fingerprint density at radius 3 is 2.55 bits per heavy atom. The summed E-state index contributed by atoms with van der Waals surface area (Å²) < 4.78 is 0.874. The van der Waals surface area contributed by atoms with Crippen LogP contribution in [0, 0.1) is 12.3 Å². The van der Waals surface area contributed by atoms with Crippen LogP contribution in [0.25, 0.3) is 0 Å². The summed E-state index contributed by atoms with van der Waals surface area (Å²) in [6.45, 7) is 0. The molecule has 1 saturated carbocycles. The predicted octanol–water partition coefficient (Wildman–Crippen LogP) is 4.15. The van der Waals surface area contributed by atoms with Crippen LogP contribution in [0.1, 0.15) is 36.8 Å². The number of amides is 1. The minimum absolute atomic E-state index is 0.0168. The van der Waals surface area contributed by atoms with E-state index < -0.39 is 16.9 Å². The Bertz CT molecular complexity index is 1050. The van der Waals surface area contributed by atoms with Crippen LogP contribution in [0.15, 0.2) is 46.9 Å². The van der Waals surface area contributed by atoms with E-state index in [9.17, 15) is 14.7 Å². The van der Waals surface area contributed by atoms with Crippen molar-refractivity contribution < 1.29 is 14.7 Å². The van der Waals surface area contributed by atoms with Crippen molar-refractivity contribution in [2.45, 2.75) is 36.6 Å². The first-order chi connectivity index (χ1) is 13.8. The topological polar surface area (TPSA) is 69.6 Å². The second kappa shape index (κ2) is 6.93. The number of terminal acetylenes is 1. The van der Waals surface area contributed by atoms with E-state index in [4.69, 9.17) is 6.42 Å². The molecule has 4 rings (SSSR count). The normalized spacial score (nSPS) is 25.6. The van der Waals surface area contributed by atoms with Gasteiger partial charge in [-0.3, -0.25) is 4.79 Å². The molecule has 148 valence electrons. The third-order valence-electron chi connectivity index (χ3n) is 6.33. The molecule has 1 aliphatic heterocycles. The van der Waals surface area contributed by atoms with Gasteiger partial charge in [-0.1, -0.05) is 27.9 Å². The van der Waals surface area contributed by atoms with Gasteiger partial charge in [0.2, 0.25) is 5.91 Å². The fourth-order valence-corrected chi connectivity index (χ4v) is 5.07. The third kappa shape index (κ3) is 3.01. The van der Waals surface area contributed by atoms with Crippen LogP contribution < -0.4 is 10.2 Å². The number of halogens is 1. The van der Waals surface area contributed by atoms with Crippen molar-refractivity contribution in [3.8, 4) is 12.3 Å². The van der Waals surface area contributed by atoms with Crippen LogP contribution in [0.2, 0.25) is 0 Å². The highest BCUT2D eigenvalue weighted by atomic mass is 79.9. The van der Waals surface area contributed by atoms with E-state index in [-0.39, 0.29) is 5.91 Å². The van der Waals surface area contributed by atoms with Gasteiger partial charge in [0.05, 0.1) is 5.41 Å². The molecule has 1 amide bonds. The SMILES string of the molecule is C#Cc1ccc2c(c1)C1(CCC(Nc3cccc(Br)c3)(C(=O)O)CC1)C(=O)N2C. The first kappa shape index (κ1) is 19.5. The molecule has 0 saturated heterocycles.